The molecule has 2 aromatic carbocycles. The Morgan fingerprint density at radius 1 is 1.00 bits per heavy atom. The first-order valence-corrected chi connectivity index (χ1v) is 8.05. The van der Waals surface area contributed by atoms with Crippen molar-refractivity contribution in [3.63, 3.8) is 0 Å². The number of hydrogen-bond acceptors (Lipinski definition) is 4. The fourth-order valence-corrected chi connectivity index (χ4v) is 4.36. The number of carbonyl (C=O) groups is 2. The summed E-state index contributed by atoms with van der Waals surface area (Å²) in [6.07, 6.45) is 0.401. The maximum absolute atomic E-state index is 12.9. The number of rotatable bonds is 2. The Morgan fingerprint density at radius 2 is 1.59 bits per heavy atom. The van der Waals surface area contributed by atoms with Crippen molar-refractivity contribution < 1.29 is 18.0 Å². The SMILES string of the molecule is CN1C(C=O)(c2ccccc2)C(=O)c2ccccc2S1(=O)=O. The van der Waals surface area contributed by atoms with E-state index in [9.17, 15) is 18.0 Å². The summed E-state index contributed by atoms with van der Waals surface area (Å²) in [7, 11) is -2.69. The highest BCUT2D eigenvalue weighted by molar-refractivity contribution is 7.89. The lowest BCUT2D eigenvalue weighted by molar-refractivity contribution is -0.114. The molecule has 0 fully saturated rings. The monoisotopic (exact) mass is 315 g/mol. The Hall–Kier alpha value is -2.31. The first-order valence-electron chi connectivity index (χ1n) is 6.61. The van der Waals surface area contributed by atoms with Gasteiger partial charge in [-0.3, -0.25) is 4.79 Å². The molecule has 1 atom stereocenters. The topological polar surface area (TPSA) is 71.5 Å². The van der Waals surface area contributed by atoms with Crippen LogP contribution in [0.2, 0.25) is 0 Å². The van der Waals surface area contributed by atoms with Crippen LogP contribution in [0, 0.1) is 0 Å². The highest BCUT2D eigenvalue weighted by Crippen LogP contribution is 2.40. The molecule has 22 heavy (non-hydrogen) atoms. The Labute approximate surface area is 128 Å². The second-order valence-corrected chi connectivity index (χ2v) is 6.99. The summed E-state index contributed by atoms with van der Waals surface area (Å²) in [4.78, 5) is 24.7. The van der Waals surface area contributed by atoms with Crippen molar-refractivity contribution in [2.75, 3.05) is 7.05 Å². The number of fused-ring (bicyclic) bond motifs is 1. The predicted octanol–water partition coefficient (Wildman–Crippen LogP) is 1.60. The average Bonchev–Trinajstić information content (AvgIpc) is 2.55. The molecule has 6 heteroatoms. The Balaban J connectivity index is 2.39. The number of carbonyl (C=O) groups excluding carboxylic acids is 2. The van der Waals surface area contributed by atoms with Crippen LogP contribution >= 0.6 is 0 Å². The predicted molar refractivity (Wildman–Crippen MR) is 79.9 cm³/mol. The minimum atomic E-state index is -3.94. The van der Waals surface area contributed by atoms with Gasteiger partial charge in [-0.2, -0.15) is 4.31 Å². The smallest absolute Gasteiger partial charge is 0.245 e. The van der Waals surface area contributed by atoms with Gasteiger partial charge in [0.2, 0.25) is 10.0 Å². The highest BCUT2D eigenvalue weighted by Gasteiger charge is 2.54. The van der Waals surface area contributed by atoms with Crippen LogP contribution in [-0.4, -0.2) is 31.8 Å². The van der Waals surface area contributed by atoms with Crippen LogP contribution < -0.4 is 0 Å². The van der Waals surface area contributed by atoms with Crippen molar-refractivity contribution in [3.8, 4) is 0 Å². The molecular weight excluding hydrogens is 302 g/mol. The van der Waals surface area contributed by atoms with Crippen LogP contribution in [-0.2, 0) is 20.4 Å². The molecule has 0 N–H and O–H groups in total. The second-order valence-electron chi connectivity index (χ2n) is 5.05. The minimum Gasteiger partial charge on any atom is -0.300 e. The fourth-order valence-electron chi connectivity index (χ4n) is 2.77. The zero-order chi connectivity index (χ0) is 16.0. The van der Waals surface area contributed by atoms with E-state index in [1.54, 1.807) is 42.5 Å². The lowest BCUT2D eigenvalue weighted by Gasteiger charge is -2.39. The number of aldehydes is 1. The Kier molecular flexibility index (Phi) is 3.23. The van der Waals surface area contributed by atoms with Gasteiger partial charge in [0, 0.05) is 12.6 Å². The zero-order valence-corrected chi connectivity index (χ0v) is 12.6. The first-order chi connectivity index (χ1) is 10.5. The Morgan fingerprint density at radius 3 is 2.23 bits per heavy atom. The summed E-state index contributed by atoms with van der Waals surface area (Å²) in [6, 6.07) is 14.1. The van der Waals surface area contributed by atoms with Gasteiger partial charge in [0.1, 0.15) is 0 Å². The Bertz CT molecular complexity index is 861. The highest BCUT2D eigenvalue weighted by atomic mass is 32.2. The van der Waals surface area contributed by atoms with Crippen LogP contribution in [0.3, 0.4) is 0 Å². The molecule has 1 unspecified atom stereocenters. The summed E-state index contributed by atoms with van der Waals surface area (Å²) in [5.74, 6) is -0.540. The molecule has 0 saturated heterocycles. The third-order valence-electron chi connectivity index (χ3n) is 4.00. The van der Waals surface area contributed by atoms with Gasteiger partial charge in [0.05, 0.1) is 4.90 Å². The number of nitrogens with zero attached hydrogens (tertiary/aromatic N) is 1. The van der Waals surface area contributed by atoms with E-state index < -0.39 is 21.3 Å². The van der Waals surface area contributed by atoms with Crippen LogP contribution in [0.5, 0.6) is 0 Å². The molecule has 1 aliphatic rings. The third kappa shape index (κ3) is 1.71. The van der Waals surface area contributed by atoms with E-state index >= 15 is 0 Å². The molecule has 0 amide bonds. The fraction of sp³-hybridized carbons (Fsp3) is 0.125. The van der Waals surface area contributed by atoms with E-state index in [0.717, 1.165) is 4.31 Å². The summed E-state index contributed by atoms with van der Waals surface area (Å²) < 4.78 is 26.3. The van der Waals surface area contributed by atoms with Gasteiger partial charge >= 0.3 is 0 Å². The molecule has 0 aromatic heterocycles. The molecular formula is C16H13NO4S. The molecule has 1 aliphatic heterocycles. The third-order valence-corrected chi connectivity index (χ3v) is 5.92. The summed E-state index contributed by atoms with van der Waals surface area (Å²) in [5, 5.41) is 0. The number of hydrogen-bond donors (Lipinski definition) is 0. The number of benzene rings is 2. The van der Waals surface area contributed by atoms with Crippen molar-refractivity contribution in [1.82, 2.24) is 4.31 Å². The molecule has 2 aromatic rings. The molecule has 0 radical (unpaired) electrons. The van der Waals surface area contributed by atoms with E-state index in [1.165, 1.54) is 19.2 Å². The average molecular weight is 315 g/mol. The largest absolute Gasteiger partial charge is 0.300 e. The molecule has 112 valence electrons. The van der Waals surface area contributed by atoms with Gasteiger partial charge in [-0.25, -0.2) is 8.42 Å². The number of sulfonamides is 1. The van der Waals surface area contributed by atoms with Crippen LogP contribution in [0.4, 0.5) is 0 Å². The second kappa shape index (κ2) is 4.86. The van der Waals surface area contributed by atoms with Crippen molar-refractivity contribution in [2.24, 2.45) is 0 Å². The summed E-state index contributed by atoms with van der Waals surface area (Å²) >= 11 is 0. The summed E-state index contributed by atoms with van der Waals surface area (Å²) in [6.45, 7) is 0. The van der Waals surface area contributed by atoms with E-state index in [1.807, 2.05) is 0 Å². The standard InChI is InChI=1S/C16H13NO4S/c1-17-16(11-18,12-7-3-2-4-8-12)15(19)13-9-5-6-10-14(13)22(17,20)21/h2-11H,1H3. The maximum Gasteiger partial charge on any atom is 0.245 e. The maximum atomic E-state index is 12.9. The van der Waals surface area contributed by atoms with E-state index in [0.29, 0.717) is 11.8 Å². The molecule has 0 aliphatic carbocycles. The van der Waals surface area contributed by atoms with Crippen molar-refractivity contribution >= 4 is 22.1 Å². The molecule has 5 nitrogen and oxygen atoms in total. The molecule has 1 heterocycles. The molecule has 0 saturated carbocycles. The zero-order valence-electron chi connectivity index (χ0n) is 11.8. The van der Waals surface area contributed by atoms with Gasteiger partial charge in [0.15, 0.2) is 17.6 Å². The van der Waals surface area contributed by atoms with E-state index in [2.05, 4.69) is 0 Å². The van der Waals surface area contributed by atoms with Crippen LogP contribution in [0.15, 0.2) is 59.5 Å². The van der Waals surface area contributed by atoms with Gasteiger partial charge in [-0.1, -0.05) is 42.5 Å². The molecule has 3 rings (SSSR count). The van der Waals surface area contributed by atoms with Crippen LogP contribution in [0.25, 0.3) is 0 Å². The van der Waals surface area contributed by atoms with Gasteiger partial charge in [-0.15, -0.1) is 0 Å². The number of Topliss-reactive ketones (excluding diaryl/α,β-unsaturated/α-hetero) is 1. The number of likely N-dealkylation sites (N-methyl/N-ethyl adjacent to an activating group) is 1. The molecule has 0 spiro atoms. The quantitative estimate of drug-likeness (QED) is 0.623. The van der Waals surface area contributed by atoms with Gasteiger partial charge in [-0.05, 0) is 17.7 Å². The van der Waals surface area contributed by atoms with E-state index in [-0.39, 0.29) is 10.5 Å². The van der Waals surface area contributed by atoms with Gasteiger partial charge < -0.3 is 4.79 Å². The minimum absolute atomic E-state index is 0.0385. The summed E-state index contributed by atoms with van der Waals surface area (Å²) in [5.41, 5.74) is -1.50. The van der Waals surface area contributed by atoms with Gasteiger partial charge in [0.25, 0.3) is 0 Å². The number of ketones is 1. The normalized spacial score (nSPS) is 23.8. The van der Waals surface area contributed by atoms with Crippen molar-refractivity contribution in [3.05, 3.63) is 65.7 Å². The van der Waals surface area contributed by atoms with E-state index in [4.69, 9.17) is 0 Å². The first kappa shape index (κ1) is 14.6. The van der Waals surface area contributed by atoms with Crippen molar-refractivity contribution in [1.29, 1.82) is 0 Å². The lowest BCUT2D eigenvalue weighted by atomic mass is 9.83. The molecule has 0 bridgehead atoms. The lowest BCUT2D eigenvalue weighted by Crippen LogP contribution is -2.57. The van der Waals surface area contributed by atoms with Crippen LogP contribution in [0.1, 0.15) is 15.9 Å². The van der Waals surface area contributed by atoms with Crippen molar-refractivity contribution in [2.45, 2.75) is 10.4 Å².